The van der Waals surface area contributed by atoms with Crippen molar-refractivity contribution in [2.75, 3.05) is 0 Å². The Bertz CT molecular complexity index is 1190. The molecule has 0 saturated carbocycles. The zero-order valence-corrected chi connectivity index (χ0v) is 39.1. The molecule has 0 aliphatic carbocycles. The fraction of sp³-hybridized carbons (Fsp3) is 0.840. The van der Waals surface area contributed by atoms with Gasteiger partial charge in [0.05, 0.1) is 39.2 Å². The number of rotatable bonds is 34. The number of hydrogen-bond donors (Lipinski definition) is 7. The van der Waals surface area contributed by atoms with Crippen LogP contribution >= 0.6 is 0 Å². The van der Waals surface area contributed by atoms with Gasteiger partial charge in [-0.15, -0.1) is 6.58 Å². The fourth-order valence-corrected chi connectivity index (χ4v) is 7.88. The van der Waals surface area contributed by atoms with Crippen molar-refractivity contribution in [1.29, 1.82) is 0 Å². The normalized spacial score (nSPS) is 20.2. The predicted molar refractivity (Wildman–Crippen MR) is 242 cm³/mol. The van der Waals surface area contributed by atoms with Gasteiger partial charge in [-0.1, -0.05) is 41.0 Å². The first-order valence-electron chi connectivity index (χ1n) is 22.7. The second kappa shape index (κ2) is 26.1. The predicted octanol–water partition coefficient (Wildman–Crippen LogP) is 11.7. The molecule has 0 aromatic carbocycles. The van der Waals surface area contributed by atoms with E-state index in [1.165, 1.54) is 16.7 Å². The molecular formula is C50H94O7. The van der Waals surface area contributed by atoms with E-state index in [1.807, 2.05) is 41.5 Å². The molecule has 0 aromatic heterocycles. The van der Waals surface area contributed by atoms with E-state index in [9.17, 15) is 35.7 Å². The highest BCUT2D eigenvalue weighted by atomic mass is 16.3. The van der Waals surface area contributed by atoms with Gasteiger partial charge >= 0.3 is 0 Å². The minimum Gasteiger partial charge on any atom is -0.390 e. The smallest absolute Gasteiger partial charge is 0.0800 e. The Morgan fingerprint density at radius 3 is 0.982 bits per heavy atom. The monoisotopic (exact) mass is 807 g/mol. The lowest BCUT2D eigenvalue weighted by molar-refractivity contribution is -0.00729. The van der Waals surface area contributed by atoms with Gasteiger partial charge in [-0.05, 0) is 230 Å². The van der Waals surface area contributed by atoms with E-state index < -0.39 is 39.2 Å². The summed E-state index contributed by atoms with van der Waals surface area (Å²) in [6.45, 7) is 25.1. The summed E-state index contributed by atoms with van der Waals surface area (Å²) in [6.07, 6.45) is 25.6. The first-order valence-corrected chi connectivity index (χ1v) is 22.7. The largest absolute Gasteiger partial charge is 0.390 e. The van der Waals surface area contributed by atoms with Crippen LogP contribution in [0.15, 0.2) is 47.6 Å². The molecule has 7 heteroatoms. The summed E-state index contributed by atoms with van der Waals surface area (Å²) < 4.78 is 0. The average Bonchev–Trinajstić information content (AvgIpc) is 3.03. The maximum Gasteiger partial charge on any atom is 0.0800 e. The highest BCUT2D eigenvalue weighted by molar-refractivity contribution is 5.05. The Morgan fingerprint density at radius 2 is 0.649 bits per heavy atom. The van der Waals surface area contributed by atoms with Gasteiger partial charge in [0.25, 0.3) is 0 Å². The molecule has 7 unspecified atom stereocenters. The van der Waals surface area contributed by atoms with Gasteiger partial charge in [-0.3, -0.25) is 0 Å². The van der Waals surface area contributed by atoms with E-state index >= 15 is 0 Å². The standard InChI is InChI=1S/C50H94O7/c1-13-44(6,51)28-16-26-42(4)24-14-25-43(5)27-17-30-46(8,53)32-19-34-48(10,55)36-21-38-50(12,57)40-22-39-49(11,56)37-20-35-47(9,54)33-18-31-45(7,52)29-15-23-41(2)3/h13,23,25-26,51-57H,1,14-22,24,27-40H2,2-12H3. The molecule has 0 rings (SSSR count). The van der Waals surface area contributed by atoms with Crippen LogP contribution in [0.5, 0.6) is 0 Å². The molecule has 336 valence electrons. The average molecular weight is 807 g/mol. The molecule has 57 heavy (non-hydrogen) atoms. The Kier molecular flexibility index (Phi) is 25.5. The molecule has 7 atom stereocenters. The van der Waals surface area contributed by atoms with Crippen LogP contribution in [-0.4, -0.2) is 75.0 Å². The molecule has 0 saturated heterocycles. The maximum absolute atomic E-state index is 11.1. The maximum atomic E-state index is 11.1. The molecule has 0 aromatic rings. The summed E-state index contributed by atoms with van der Waals surface area (Å²) in [7, 11) is 0. The Hall–Kier alpha value is -1.32. The van der Waals surface area contributed by atoms with E-state index in [-0.39, 0.29) is 0 Å². The minimum atomic E-state index is -0.872. The first-order chi connectivity index (χ1) is 26.0. The third-order valence-electron chi connectivity index (χ3n) is 12.3. The van der Waals surface area contributed by atoms with Crippen LogP contribution in [0.4, 0.5) is 0 Å². The van der Waals surface area contributed by atoms with Crippen LogP contribution in [0.25, 0.3) is 0 Å². The lowest BCUT2D eigenvalue weighted by Gasteiger charge is -2.30. The van der Waals surface area contributed by atoms with E-state index in [2.05, 4.69) is 52.5 Å². The van der Waals surface area contributed by atoms with Crippen molar-refractivity contribution in [1.82, 2.24) is 0 Å². The number of aliphatic hydroxyl groups is 7. The molecule has 0 fully saturated rings. The summed E-state index contributed by atoms with van der Waals surface area (Å²) in [5.41, 5.74) is -1.79. The van der Waals surface area contributed by atoms with Crippen molar-refractivity contribution < 1.29 is 35.7 Å². The van der Waals surface area contributed by atoms with Crippen molar-refractivity contribution in [3.8, 4) is 0 Å². The summed E-state index contributed by atoms with van der Waals surface area (Å²) in [4.78, 5) is 0. The third-order valence-corrected chi connectivity index (χ3v) is 12.3. The van der Waals surface area contributed by atoms with E-state index in [0.29, 0.717) is 96.3 Å². The molecular weight excluding hydrogens is 713 g/mol. The molecule has 0 aliphatic heterocycles. The highest BCUT2D eigenvalue weighted by Crippen LogP contribution is 2.32. The van der Waals surface area contributed by atoms with Crippen molar-refractivity contribution >= 4 is 0 Å². The lowest BCUT2D eigenvalue weighted by atomic mass is 9.83. The number of hydrogen-bond acceptors (Lipinski definition) is 7. The second-order valence-electron chi connectivity index (χ2n) is 20.7. The molecule has 0 radical (unpaired) electrons. The van der Waals surface area contributed by atoms with Crippen LogP contribution in [0, 0.1) is 0 Å². The summed E-state index contributed by atoms with van der Waals surface area (Å²) >= 11 is 0. The highest BCUT2D eigenvalue weighted by Gasteiger charge is 2.29. The Balaban J connectivity index is 4.38. The molecule has 0 spiro atoms. The number of allylic oxidation sites excluding steroid dienone is 6. The molecule has 7 N–H and O–H groups in total. The van der Waals surface area contributed by atoms with Crippen LogP contribution < -0.4 is 0 Å². The van der Waals surface area contributed by atoms with Crippen LogP contribution in [0.3, 0.4) is 0 Å². The summed E-state index contributed by atoms with van der Waals surface area (Å²) in [5, 5.41) is 75.9. The third kappa shape index (κ3) is 32.2. The zero-order valence-electron chi connectivity index (χ0n) is 39.1. The fourth-order valence-electron chi connectivity index (χ4n) is 7.88. The van der Waals surface area contributed by atoms with Gasteiger partial charge in [0.2, 0.25) is 0 Å². The van der Waals surface area contributed by atoms with Gasteiger partial charge in [0, 0.05) is 0 Å². The van der Waals surface area contributed by atoms with Gasteiger partial charge < -0.3 is 35.7 Å². The Labute approximate surface area is 351 Å². The van der Waals surface area contributed by atoms with E-state index in [1.54, 1.807) is 13.0 Å². The molecule has 0 bridgehead atoms. The summed E-state index contributed by atoms with van der Waals surface area (Å²) in [5.74, 6) is 0. The molecule has 0 amide bonds. The molecule has 7 nitrogen and oxygen atoms in total. The van der Waals surface area contributed by atoms with Crippen LogP contribution in [0.1, 0.15) is 230 Å². The minimum absolute atomic E-state index is 0.576. The van der Waals surface area contributed by atoms with Crippen molar-refractivity contribution in [2.24, 2.45) is 0 Å². The van der Waals surface area contributed by atoms with Crippen LogP contribution in [-0.2, 0) is 0 Å². The van der Waals surface area contributed by atoms with E-state index in [4.69, 9.17) is 0 Å². The van der Waals surface area contributed by atoms with Crippen molar-refractivity contribution in [2.45, 2.75) is 269 Å². The molecule has 0 heterocycles. The van der Waals surface area contributed by atoms with Gasteiger partial charge in [-0.25, -0.2) is 0 Å². The quantitative estimate of drug-likeness (QED) is 0.0321. The van der Waals surface area contributed by atoms with Gasteiger partial charge in [-0.2, -0.15) is 0 Å². The summed E-state index contributed by atoms with van der Waals surface area (Å²) in [6, 6.07) is 0. The first kappa shape index (κ1) is 55.7. The van der Waals surface area contributed by atoms with Gasteiger partial charge in [0.1, 0.15) is 0 Å². The van der Waals surface area contributed by atoms with Gasteiger partial charge in [0.15, 0.2) is 0 Å². The van der Waals surface area contributed by atoms with Crippen molar-refractivity contribution in [3.63, 3.8) is 0 Å². The van der Waals surface area contributed by atoms with Crippen molar-refractivity contribution in [3.05, 3.63) is 47.6 Å². The van der Waals surface area contributed by atoms with E-state index in [0.717, 1.165) is 57.8 Å². The lowest BCUT2D eigenvalue weighted by Crippen LogP contribution is -2.31. The SMILES string of the molecule is C=CC(C)(O)CCC=C(C)CCC=C(C)CCCC(C)(O)CCCC(C)(O)CCCC(C)(O)CCCC(C)(O)CCCC(C)(O)CCCC(C)(O)CCC=C(C)C. The second-order valence-corrected chi connectivity index (χ2v) is 20.7. The van der Waals surface area contributed by atoms with Crippen LogP contribution in [0.2, 0.25) is 0 Å². The zero-order chi connectivity index (χ0) is 44.0. The molecule has 0 aliphatic rings. The Morgan fingerprint density at radius 1 is 0.368 bits per heavy atom. The topological polar surface area (TPSA) is 142 Å².